The van der Waals surface area contributed by atoms with E-state index in [1.54, 1.807) is 6.07 Å². The van der Waals surface area contributed by atoms with Crippen molar-refractivity contribution >= 4 is 5.91 Å². The molecule has 0 aliphatic carbocycles. The maximum atomic E-state index is 13.9. The molecule has 0 saturated carbocycles. The maximum Gasteiger partial charge on any atom is 0.217 e. The Bertz CT molecular complexity index is 719. The predicted octanol–water partition coefficient (Wildman–Crippen LogP) is 2.98. The fraction of sp³-hybridized carbons (Fsp3) is 0.368. The summed E-state index contributed by atoms with van der Waals surface area (Å²) in [6.45, 7) is 1.52. The lowest BCUT2D eigenvalue weighted by Crippen LogP contribution is -2.24. The molecule has 0 radical (unpaired) electrons. The van der Waals surface area contributed by atoms with Crippen LogP contribution in [0.15, 0.2) is 42.5 Å². The van der Waals surface area contributed by atoms with E-state index in [9.17, 15) is 9.18 Å². The average Bonchev–Trinajstić information content (AvgIpc) is 3.03. The standard InChI is InChI=1S/C19H22FN3O/c20-16-7-2-1-5-14(16)13-23-12-4-9-18(23)17-8-3-6-15(22-17)10-11-19(21)24/h1-3,5-8,18H,4,9-13H2,(H2,21,24)/t18-/m1/s1. The maximum absolute atomic E-state index is 13.9. The van der Waals surface area contributed by atoms with E-state index >= 15 is 0 Å². The lowest BCUT2D eigenvalue weighted by atomic mass is 10.1. The summed E-state index contributed by atoms with van der Waals surface area (Å²) in [4.78, 5) is 17.9. The van der Waals surface area contributed by atoms with Crippen molar-refractivity contribution in [2.45, 2.75) is 38.3 Å². The molecule has 1 fully saturated rings. The van der Waals surface area contributed by atoms with Crippen LogP contribution in [0.1, 0.15) is 42.3 Å². The molecule has 1 amide bonds. The highest BCUT2D eigenvalue weighted by molar-refractivity contribution is 5.73. The summed E-state index contributed by atoms with van der Waals surface area (Å²) in [5.74, 6) is -0.476. The van der Waals surface area contributed by atoms with Gasteiger partial charge in [-0.1, -0.05) is 24.3 Å². The van der Waals surface area contributed by atoms with E-state index in [0.717, 1.165) is 30.8 Å². The van der Waals surface area contributed by atoms with Crippen LogP contribution >= 0.6 is 0 Å². The fourth-order valence-electron chi connectivity index (χ4n) is 3.27. The number of nitrogens with zero attached hydrogens (tertiary/aromatic N) is 2. The second-order valence-electron chi connectivity index (χ2n) is 6.24. The minimum Gasteiger partial charge on any atom is -0.370 e. The van der Waals surface area contributed by atoms with Gasteiger partial charge in [0.2, 0.25) is 5.91 Å². The van der Waals surface area contributed by atoms with Crippen LogP contribution in [0.5, 0.6) is 0 Å². The number of pyridine rings is 1. The first-order valence-electron chi connectivity index (χ1n) is 8.35. The van der Waals surface area contributed by atoms with Gasteiger partial charge in [0.1, 0.15) is 5.82 Å². The lowest BCUT2D eigenvalue weighted by Gasteiger charge is -2.24. The van der Waals surface area contributed by atoms with E-state index in [1.165, 1.54) is 6.07 Å². The second kappa shape index (κ2) is 7.53. The Balaban J connectivity index is 1.74. The molecule has 1 saturated heterocycles. The summed E-state index contributed by atoms with van der Waals surface area (Å²) >= 11 is 0. The van der Waals surface area contributed by atoms with Gasteiger partial charge in [-0.15, -0.1) is 0 Å². The third-order valence-electron chi connectivity index (χ3n) is 4.49. The molecule has 24 heavy (non-hydrogen) atoms. The van der Waals surface area contributed by atoms with E-state index in [-0.39, 0.29) is 17.8 Å². The molecule has 2 aromatic rings. The molecule has 3 rings (SSSR count). The summed E-state index contributed by atoms with van der Waals surface area (Å²) in [5.41, 5.74) is 7.80. The Labute approximate surface area is 141 Å². The molecule has 4 nitrogen and oxygen atoms in total. The molecule has 0 unspecified atom stereocenters. The first-order valence-corrected chi connectivity index (χ1v) is 8.35. The van der Waals surface area contributed by atoms with Crippen molar-refractivity contribution in [3.63, 3.8) is 0 Å². The van der Waals surface area contributed by atoms with Crippen molar-refractivity contribution in [3.05, 3.63) is 65.2 Å². The van der Waals surface area contributed by atoms with E-state index < -0.39 is 0 Å². The summed E-state index contributed by atoms with van der Waals surface area (Å²) in [5, 5.41) is 0. The van der Waals surface area contributed by atoms with Gasteiger partial charge in [-0.3, -0.25) is 14.7 Å². The largest absolute Gasteiger partial charge is 0.370 e. The molecule has 126 valence electrons. The lowest BCUT2D eigenvalue weighted by molar-refractivity contribution is -0.118. The Morgan fingerprint density at radius 3 is 2.88 bits per heavy atom. The number of hydrogen-bond donors (Lipinski definition) is 1. The number of primary amides is 1. The highest BCUT2D eigenvalue weighted by atomic mass is 19.1. The first kappa shape index (κ1) is 16.6. The SMILES string of the molecule is NC(=O)CCc1cccc([C@H]2CCCN2Cc2ccccc2F)n1. The van der Waals surface area contributed by atoms with Gasteiger partial charge in [-0.25, -0.2) is 4.39 Å². The van der Waals surface area contributed by atoms with E-state index in [2.05, 4.69) is 4.90 Å². The van der Waals surface area contributed by atoms with Crippen LogP contribution < -0.4 is 5.73 Å². The minimum absolute atomic E-state index is 0.161. The number of carbonyl (C=O) groups is 1. The van der Waals surface area contributed by atoms with Gasteiger partial charge in [0, 0.05) is 24.2 Å². The molecular weight excluding hydrogens is 305 g/mol. The molecule has 0 spiro atoms. The quantitative estimate of drug-likeness (QED) is 0.887. The Morgan fingerprint density at radius 1 is 1.25 bits per heavy atom. The summed E-state index contributed by atoms with van der Waals surface area (Å²) < 4.78 is 13.9. The highest BCUT2D eigenvalue weighted by Gasteiger charge is 2.27. The predicted molar refractivity (Wildman–Crippen MR) is 90.5 cm³/mol. The van der Waals surface area contributed by atoms with Crippen molar-refractivity contribution in [1.82, 2.24) is 9.88 Å². The van der Waals surface area contributed by atoms with Crippen LogP contribution in [0.4, 0.5) is 4.39 Å². The molecule has 1 atom stereocenters. The normalized spacial score (nSPS) is 18.0. The van der Waals surface area contributed by atoms with Crippen LogP contribution in [0.25, 0.3) is 0 Å². The molecule has 1 aromatic carbocycles. The summed E-state index contributed by atoms with van der Waals surface area (Å²) in [6.07, 6.45) is 2.95. The van der Waals surface area contributed by atoms with Crippen LogP contribution in [-0.4, -0.2) is 22.3 Å². The third-order valence-corrected chi connectivity index (χ3v) is 4.49. The molecule has 1 aliphatic heterocycles. The molecule has 1 aliphatic rings. The van der Waals surface area contributed by atoms with E-state index in [1.807, 2.05) is 30.3 Å². The van der Waals surface area contributed by atoms with Crippen molar-refractivity contribution in [1.29, 1.82) is 0 Å². The number of aromatic nitrogens is 1. The van der Waals surface area contributed by atoms with Crippen LogP contribution in [0.3, 0.4) is 0 Å². The molecule has 2 N–H and O–H groups in total. The van der Waals surface area contributed by atoms with E-state index in [0.29, 0.717) is 24.9 Å². The van der Waals surface area contributed by atoms with Gasteiger partial charge in [0.15, 0.2) is 0 Å². The monoisotopic (exact) mass is 327 g/mol. The number of halogens is 1. The number of carbonyl (C=O) groups excluding carboxylic acids is 1. The van der Waals surface area contributed by atoms with Gasteiger partial charge in [0.05, 0.1) is 11.7 Å². The number of aryl methyl sites for hydroxylation is 1. The molecule has 5 heteroatoms. The van der Waals surface area contributed by atoms with Crippen molar-refractivity contribution < 1.29 is 9.18 Å². The number of amides is 1. The van der Waals surface area contributed by atoms with Crippen molar-refractivity contribution in [2.75, 3.05) is 6.54 Å². The first-order chi connectivity index (χ1) is 11.6. The third kappa shape index (κ3) is 3.97. The van der Waals surface area contributed by atoms with E-state index in [4.69, 9.17) is 10.7 Å². The second-order valence-corrected chi connectivity index (χ2v) is 6.24. The van der Waals surface area contributed by atoms with Crippen LogP contribution in [-0.2, 0) is 17.8 Å². The molecule has 0 bridgehead atoms. The van der Waals surface area contributed by atoms with Gasteiger partial charge in [-0.2, -0.15) is 0 Å². The average molecular weight is 327 g/mol. The molecule has 2 heterocycles. The highest BCUT2D eigenvalue weighted by Crippen LogP contribution is 2.32. The number of hydrogen-bond acceptors (Lipinski definition) is 3. The summed E-state index contributed by atoms with van der Waals surface area (Å²) in [7, 11) is 0. The van der Waals surface area contributed by atoms with Crippen molar-refractivity contribution in [3.8, 4) is 0 Å². The zero-order valence-electron chi connectivity index (χ0n) is 13.6. The van der Waals surface area contributed by atoms with Gasteiger partial charge in [0.25, 0.3) is 0 Å². The van der Waals surface area contributed by atoms with Gasteiger partial charge in [-0.05, 0) is 44.0 Å². The number of benzene rings is 1. The Kier molecular flexibility index (Phi) is 5.20. The minimum atomic E-state index is -0.316. The number of likely N-dealkylation sites (tertiary alicyclic amines) is 1. The zero-order valence-corrected chi connectivity index (χ0v) is 13.6. The van der Waals surface area contributed by atoms with Gasteiger partial charge >= 0.3 is 0 Å². The Morgan fingerprint density at radius 2 is 2.08 bits per heavy atom. The van der Waals surface area contributed by atoms with Crippen LogP contribution in [0, 0.1) is 5.82 Å². The van der Waals surface area contributed by atoms with Crippen molar-refractivity contribution in [2.24, 2.45) is 5.73 Å². The number of rotatable bonds is 6. The Hall–Kier alpha value is -2.27. The van der Waals surface area contributed by atoms with Gasteiger partial charge < -0.3 is 5.73 Å². The number of nitrogens with two attached hydrogens (primary N) is 1. The fourth-order valence-corrected chi connectivity index (χ4v) is 3.27. The topological polar surface area (TPSA) is 59.2 Å². The smallest absolute Gasteiger partial charge is 0.217 e. The zero-order chi connectivity index (χ0) is 16.9. The summed E-state index contributed by atoms with van der Waals surface area (Å²) in [6, 6.07) is 13.0. The molecular formula is C19H22FN3O. The van der Waals surface area contributed by atoms with Crippen LogP contribution in [0.2, 0.25) is 0 Å². The molecule has 1 aromatic heterocycles.